The van der Waals surface area contributed by atoms with Crippen molar-refractivity contribution in [2.75, 3.05) is 0 Å². The first-order valence-electron chi connectivity index (χ1n) is 6.65. The summed E-state index contributed by atoms with van der Waals surface area (Å²) < 4.78 is 0. The van der Waals surface area contributed by atoms with E-state index in [1.807, 2.05) is 0 Å². The summed E-state index contributed by atoms with van der Waals surface area (Å²) in [6.07, 6.45) is 8.59. The van der Waals surface area contributed by atoms with Gasteiger partial charge in [0.2, 0.25) is 0 Å². The molecule has 15 heavy (non-hydrogen) atoms. The molecule has 3 aliphatic carbocycles. The van der Waals surface area contributed by atoms with E-state index in [0.29, 0.717) is 22.5 Å². The van der Waals surface area contributed by atoms with E-state index in [1.54, 1.807) is 0 Å². The van der Waals surface area contributed by atoms with Crippen molar-refractivity contribution in [2.45, 2.75) is 58.8 Å². The van der Waals surface area contributed by atoms with E-state index in [-0.39, 0.29) is 0 Å². The highest BCUT2D eigenvalue weighted by atomic mass is 16.1. The van der Waals surface area contributed by atoms with Crippen LogP contribution in [-0.4, -0.2) is 5.78 Å². The lowest BCUT2D eigenvalue weighted by Gasteiger charge is -2.62. The van der Waals surface area contributed by atoms with Crippen molar-refractivity contribution in [1.29, 1.82) is 0 Å². The van der Waals surface area contributed by atoms with Gasteiger partial charge >= 0.3 is 0 Å². The van der Waals surface area contributed by atoms with Crippen LogP contribution in [0.5, 0.6) is 0 Å². The number of hydrogen-bond acceptors (Lipinski definition) is 1. The Balaban J connectivity index is 1.91. The van der Waals surface area contributed by atoms with Crippen molar-refractivity contribution in [3.05, 3.63) is 0 Å². The molecule has 3 fully saturated rings. The lowest BCUT2D eigenvalue weighted by molar-refractivity contribution is -0.157. The fraction of sp³-hybridized carbons (Fsp3) is 0.929. The molecule has 3 saturated carbocycles. The van der Waals surface area contributed by atoms with Crippen LogP contribution in [0.4, 0.5) is 0 Å². The molecule has 0 N–H and O–H groups in total. The summed E-state index contributed by atoms with van der Waals surface area (Å²) in [5.74, 6) is 1.95. The molecule has 0 amide bonds. The molecule has 1 nitrogen and oxygen atoms in total. The monoisotopic (exact) mass is 206 g/mol. The molecular weight excluding hydrogens is 184 g/mol. The summed E-state index contributed by atoms with van der Waals surface area (Å²) in [7, 11) is 0. The minimum atomic E-state index is 0.468. The normalized spacial score (nSPS) is 53.3. The van der Waals surface area contributed by atoms with Gasteiger partial charge in [0.15, 0.2) is 0 Å². The van der Waals surface area contributed by atoms with Crippen LogP contribution in [0.3, 0.4) is 0 Å². The van der Waals surface area contributed by atoms with Crippen molar-refractivity contribution < 1.29 is 4.79 Å². The van der Waals surface area contributed by atoms with Gasteiger partial charge in [0.25, 0.3) is 0 Å². The zero-order valence-electron chi connectivity index (χ0n) is 10.0. The van der Waals surface area contributed by atoms with Gasteiger partial charge in [-0.05, 0) is 48.9 Å². The summed E-state index contributed by atoms with van der Waals surface area (Å²) in [4.78, 5) is 12.0. The first-order chi connectivity index (χ1) is 7.12. The van der Waals surface area contributed by atoms with Gasteiger partial charge in [-0.1, -0.05) is 20.3 Å². The van der Waals surface area contributed by atoms with Crippen LogP contribution in [0.25, 0.3) is 0 Å². The Labute approximate surface area is 92.6 Å². The molecule has 1 spiro atoms. The van der Waals surface area contributed by atoms with Crippen LogP contribution in [0.2, 0.25) is 0 Å². The van der Waals surface area contributed by atoms with Crippen LogP contribution in [0, 0.1) is 22.7 Å². The Morgan fingerprint density at radius 2 is 2.20 bits per heavy atom. The zero-order chi connectivity index (χ0) is 10.7. The summed E-state index contributed by atoms with van der Waals surface area (Å²) >= 11 is 0. The zero-order valence-corrected chi connectivity index (χ0v) is 10.0. The lowest BCUT2D eigenvalue weighted by atomic mass is 9.42. The fourth-order valence-corrected chi connectivity index (χ4v) is 5.24. The Hall–Kier alpha value is -0.330. The topological polar surface area (TPSA) is 17.1 Å². The minimum Gasteiger partial charge on any atom is -0.299 e. The van der Waals surface area contributed by atoms with Gasteiger partial charge < -0.3 is 0 Å². The van der Waals surface area contributed by atoms with Crippen LogP contribution >= 0.6 is 0 Å². The molecule has 0 aromatic carbocycles. The summed E-state index contributed by atoms with van der Waals surface area (Å²) in [6, 6.07) is 0. The van der Waals surface area contributed by atoms with Crippen molar-refractivity contribution in [2.24, 2.45) is 22.7 Å². The van der Waals surface area contributed by atoms with Gasteiger partial charge in [-0.15, -0.1) is 0 Å². The molecule has 3 aliphatic rings. The molecule has 0 aromatic rings. The number of ketones is 1. The SMILES string of the molecule is CC[C@@]1(C)C[C@]23CCCC(=O)C2CCC13. The maximum absolute atomic E-state index is 12.0. The number of hydrogen-bond donors (Lipinski definition) is 0. The van der Waals surface area contributed by atoms with Crippen LogP contribution in [0.1, 0.15) is 58.8 Å². The van der Waals surface area contributed by atoms with Gasteiger partial charge in [0, 0.05) is 12.3 Å². The van der Waals surface area contributed by atoms with Crippen molar-refractivity contribution >= 4 is 5.78 Å². The number of rotatable bonds is 1. The number of Topliss-reactive ketones (excluding diaryl/α,β-unsaturated/α-hetero) is 1. The largest absolute Gasteiger partial charge is 0.299 e. The molecule has 84 valence electrons. The Bertz CT molecular complexity index is 308. The second kappa shape index (κ2) is 2.87. The fourth-order valence-electron chi connectivity index (χ4n) is 5.24. The van der Waals surface area contributed by atoms with Crippen LogP contribution in [-0.2, 0) is 4.79 Å². The molecule has 1 heteroatoms. The molecule has 0 bridgehead atoms. The lowest BCUT2D eigenvalue weighted by Crippen LogP contribution is -2.56. The molecule has 0 heterocycles. The van der Waals surface area contributed by atoms with E-state index >= 15 is 0 Å². The average molecular weight is 206 g/mol. The molecule has 3 rings (SSSR count). The molecular formula is C14H22O. The van der Waals surface area contributed by atoms with Crippen LogP contribution in [0.15, 0.2) is 0 Å². The van der Waals surface area contributed by atoms with Gasteiger partial charge in [-0.2, -0.15) is 0 Å². The molecule has 0 aromatic heterocycles. The Morgan fingerprint density at radius 3 is 2.93 bits per heavy atom. The third-order valence-corrected chi connectivity index (χ3v) is 5.97. The van der Waals surface area contributed by atoms with Crippen molar-refractivity contribution in [1.82, 2.24) is 0 Å². The quantitative estimate of drug-likeness (QED) is 0.641. The predicted octanol–water partition coefficient (Wildman–Crippen LogP) is 3.57. The molecule has 0 saturated heterocycles. The van der Waals surface area contributed by atoms with Crippen molar-refractivity contribution in [3.8, 4) is 0 Å². The van der Waals surface area contributed by atoms with E-state index in [1.165, 1.54) is 38.5 Å². The van der Waals surface area contributed by atoms with E-state index in [2.05, 4.69) is 13.8 Å². The highest BCUT2D eigenvalue weighted by Crippen LogP contribution is 2.73. The molecule has 0 aliphatic heterocycles. The van der Waals surface area contributed by atoms with Gasteiger partial charge in [0.1, 0.15) is 5.78 Å². The first kappa shape index (κ1) is 9.86. The van der Waals surface area contributed by atoms with Crippen molar-refractivity contribution in [3.63, 3.8) is 0 Å². The minimum absolute atomic E-state index is 0.468. The second-order valence-corrected chi connectivity index (χ2v) is 6.42. The Morgan fingerprint density at radius 1 is 1.40 bits per heavy atom. The Kier molecular flexibility index (Phi) is 1.88. The van der Waals surface area contributed by atoms with Gasteiger partial charge in [-0.25, -0.2) is 0 Å². The highest BCUT2D eigenvalue weighted by Gasteiger charge is 2.67. The maximum atomic E-state index is 12.0. The molecule has 0 radical (unpaired) electrons. The predicted molar refractivity (Wildman–Crippen MR) is 60.5 cm³/mol. The maximum Gasteiger partial charge on any atom is 0.136 e. The summed E-state index contributed by atoms with van der Waals surface area (Å²) in [5.41, 5.74) is 1.06. The van der Waals surface area contributed by atoms with E-state index < -0.39 is 0 Å². The van der Waals surface area contributed by atoms with E-state index in [0.717, 1.165) is 12.3 Å². The highest BCUT2D eigenvalue weighted by molar-refractivity contribution is 5.83. The average Bonchev–Trinajstić information content (AvgIpc) is 2.52. The first-order valence-corrected chi connectivity index (χ1v) is 6.65. The summed E-state index contributed by atoms with van der Waals surface area (Å²) in [5, 5.41) is 0. The third-order valence-electron chi connectivity index (χ3n) is 5.97. The van der Waals surface area contributed by atoms with Crippen LogP contribution < -0.4 is 0 Å². The molecule has 2 unspecified atom stereocenters. The van der Waals surface area contributed by atoms with Gasteiger partial charge in [0.05, 0.1) is 0 Å². The van der Waals surface area contributed by atoms with E-state index in [4.69, 9.17) is 0 Å². The third kappa shape index (κ3) is 1.02. The number of carbonyl (C=O) groups excluding carboxylic acids is 1. The smallest absolute Gasteiger partial charge is 0.136 e. The van der Waals surface area contributed by atoms with E-state index in [9.17, 15) is 4.79 Å². The van der Waals surface area contributed by atoms with Gasteiger partial charge in [-0.3, -0.25) is 4.79 Å². The summed E-state index contributed by atoms with van der Waals surface area (Å²) in [6.45, 7) is 4.77. The second-order valence-electron chi connectivity index (χ2n) is 6.42. The molecule has 4 atom stereocenters. The standard InChI is InChI=1S/C14H22O/c1-3-13(2)9-14-8-4-5-11(15)10(14)6-7-12(13)14/h10,12H,3-9H2,1-2H3/t10?,12?,13-,14+/m0/s1. The number of carbonyl (C=O) groups is 1.